The molecule has 3 aromatic rings. The van der Waals surface area contributed by atoms with Gasteiger partial charge in [-0.05, 0) is 91.3 Å². The molecule has 5 heterocycles. The quantitative estimate of drug-likeness (QED) is 0.350. The second-order valence-corrected chi connectivity index (χ2v) is 15.1. The molecular formula is C31H37N4O6PS. The van der Waals surface area contributed by atoms with Gasteiger partial charge in [-0.1, -0.05) is 13.0 Å². The first-order chi connectivity index (χ1) is 20.5. The van der Waals surface area contributed by atoms with E-state index in [-0.39, 0.29) is 35.8 Å². The molecule has 228 valence electrons. The summed E-state index contributed by atoms with van der Waals surface area (Å²) in [7, 11) is -4.21. The molecule has 3 N–H and O–H groups in total. The second kappa shape index (κ2) is 11.8. The van der Waals surface area contributed by atoms with Gasteiger partial charge in [0.25, 0.3) is 5.91 Å². The van der Waals surface area contributed by atoms with Crippen LogP contribution < -0.4 is 5.32 Å². The molecule has 0 saturated carbocycles. The van der Waals surface area contributed by atoms with E-state index in [1.807, 2.05) is 17.2 Å². The molecule has 3 amide bonds. The van der Waals surface area contributed by atoms with E-state index in [0.29, 0.717) is 42.3 Å². The molecule has 4 atom stereocenters. The van der Waals surface area contributed by atoms with Gasteiger partial charge in [0.1, 0.15) is 12.1 Å². The van der Waals surface area contributed by atoms with Gasteiger partial charge in [-0.25, -0.2) is 0 Å². The number of carbonyl (C=O) groups excluding carboxylic acids is 3. The first-order valence-corrected chi connectivity index (χ1v) is 17.5. The number of aryl methyl sites for hydroxylation is 1. The van der Waals surface area contributed by atoms with Gasteiger partial charge in [0.15, 0.2) is 0 Å². The van der Waals surface area contributed by atoms with Crippen LogP contribution in [0.5, 0.6) is 0 Å². The van der Waals surface area contributed by atoms with Gasteiger partial charge in [-0.3, -0.25) is 23.9 Å². The van der Waals surface area contributed by atoms with Crippen molar-refractivity contribution in [2.75, 3.05) is 13.1 Å². The number of benzene rings is 1. The van der Waals surface area contributed by atoms with Gasteiger partial charge in [0, 0.05) is 42.1 Å². The van der Waals surface area contributed by atoms with Gasteiger partial charge in [-0.2, -0.15) is 0 Å². The van der Waals surface area contributed by atoms with Gasteiger partial charge in [-0.15, -0.1) is 11.3 Å². The molecule has 3 aliphatic heterocycles. The largest absolute Gasteiger partial charge is 0.340 e. The first kappa shape index (κ1) is 29.9. The molecule has 3 aliphatic rings. The van der Waals surface area contributed by atoms with E-state index < -0.39 is 19.7 Å². The highest BCUT2D eigenvalue weighted by molar-refractivity contribution is 7.50. The molecule has 0 bridgehead atoms. The number of thiophene rings is 1. The summed E-state index contributed by atoms with van der Waals surface area (Å²) in [5.41, 5.74) is 2.82. The number of amides is 3. The third-order valence-corrected chi connectivity index (χ3v) is 11.1. The summed E-state index contributed by atoms with van der Waals surface area (Å²) in [5.74, 6) is 0.0425. The van der Waals surface area contributed by atoms with Crippen LogP contribution in [0.3, 0.4) is 0 Å². The third kappa shape index (κ3) is 6.27. The van der Waals surface area contributed by atoms with Crippen molar-refractivity contribution in [1.82, 2.24) is 20.1 Å². The molecule has 10 nitrogen and oxygen atoms in total. The average Bonchev–Trinajstić information content (AvgIpc) is 3.53. The van der Waals surface area contributed by atoms with E-state index in [2.05, 4.69) is 24.1 Å². The molecule has 12 heteroatoms. The van der Waals surface area contributed by atoms with Crippen molar-refractivity contribution in [3.05, 3.63) is 64.3 Å². The fraction of sp³-hybridized carbons (Fsp3) is 0.484. The van der Waals surface area contributed by atoms with Crippen LogP contribution in [0.1, 0.15) is 71.3 Å². The van der Waals surface area contributed by atoms with Crippen molar-refractivity contribution in [1.29, 1.82) is 0 Å². The molecular weight excluding hydrogens is 587 g/mol. The predicted molar refractivity (Wildman–Crippen MR) is 164 cm³/mol. The van der Waals surface area contributed by atoms with Gasteiger partial charge in [0.2, 0.25) is 11.8 Å². The Balaban J connectivity index is 1.16. The number of nitrogens with one attached hydrogen (secondary N) is 1. The SMILES string of the molecule is Cc1ccncc1C1CN(C(=O)[C@@H]2CC[C@@H]3C[C@@H](C)CC[C@H](NC(=O)c4cc5cc(CP(=O)(O)O)ccc5s4)C(=O)N32)C1. The van der Waals surface area contributed by atoms with E-state index >= 15 is 0 Å². The van der Waals surface area contributed by atoms with Crippen molar-refractivity contribution in [3.63, 3.8) is 0 Å². The number of aromatic nitrogens is 1. The predicted octanol–water partition coefficient (Wildman–Crippen LogP) is 4.19. The lowest BCUT2D eigenvalue weighted by Crippen LogP contribution is -2.60. The maximum absolute atomic E-state index is 14.0. The van der Waals surface area contributed by atoms with Crippen LogP contribution in [0.2, 0.25) is 0 Å². The number of carbonyl (C=O) groups is 3. The molecule has 1 aromatic carbocycles. The maximum Gasteiger partial charge on any atom is 0.329 e. The third-order valence-electron chi connectivity index (χ3n) is 9.17. The normalized spacial score (nSPS) is 24.8. The van der Waals surface area contributed by atoms with Gasteiger partial charge < -0.3 is 24.9 Å². The van der Waals surface area contributed by atoms with Crippen molar-refractivity contribution in [2.24, 2.45) is 5.92 Å². The lowest BCUT2D eigenvalue weighted by molar-refractivity contribution is -0.150. The lowest BCUT2D eigenvalue weighted by atomic mass is 9.89. The van der Waals surface area contributed by atoms with Crippen LogP contribution in [-0.4, -0.2) is 73.5 Å². The molecule has 0 radical (unpaired) electrons. The van der Waals surface area contributed by atoms with Gasteiger partial charge in [0.05, 0.1) is 11.0 Å². The summed E-state index contributed by atoms with van der Waals surface area (Å²) < 4.78 is 12.3. The topological polar surface area (TPSA) is 140 Å². The fourth-order valence-electron chi connectivity index (χ4n) is 6.90. The highest BCUT2D eigenvalue weighted by Gasteiger charge is 2.47. The smallest absolute Gasteiger partial charge is 0.329 e. The first-order valence-electron chi connectivity index (χ1n) is 14.9. The van der Waals surface area contributed by atoms with Crippen LogP contribution in [0.25, 0.3) is 10.1 Å². The molecule has 0 aliphatic carbocycles. The molecule has 43 heavy (non-hydrogen) atoms. The lowest BCUT2D eigenvalue weighted by Gasteiger charge is -2.44. The summed E-state index contributed by atoms with van der Waals surface area (Å²) in [5, 5.41) is 3.70. The molecule has 3 saturated heterocycles. The van der Waals surface area contributed by atoms with Gasteiger partial charge >= 0.3 is 7.60 Å². The van der Waals surface area contributed by atoms with E-state index in [4.69, 9.17) is 0 Å². The minimum absolute atomic E-state index is 0.0115. The highest BCUT2D eigenvalue weighted by atomic mass is 32.1. The number of pyridine rings is 1. The number of fused-ring (bicyclic) bond motifs is 2. The number of likely N-dealkylation sites (tertiary alicyclic amines) is 1. The Morgan fingerprint density at radius 1 is 1.12 bits per heavy atom. The molecule has 2 aromatic heterocycles. The zero-order valence-corrected chi connectivity index (χ0v) is 26.0. The number of hydrogen-bond donors (Lipinski definition) is 3. The second-order valence-electron chi connectivity index (χ2n) is 12.4. The Hall–Kier alpha value is -3.11. The van der Waals surface area contributed by atoms with E-state index in [1.54, 1.807) is 35.4 Å². The number of rotatable bonds is 6. The Bertz CT molecular complexity index is 1610. The molecule has 0 unspecified atom stereocenters. The Labute approximate surface area is 254 Å². The number of nitrogens with zero attached hydrogens (tertiary/aromatic N) is 3. The summed E-state index contributed by atoms with van der Waals surface area (Å²) in [6.07, 6.45) is 6.84. The van der Waals surface area contributed by atoms with E-state index in [0.717, 1.165) is 34.9 Å². The van der Waals surface area contributed by atoms with Crippen molar-refractivity contribution >= 4 is 46.7 Å². The van der Waals surface area contributed by atoms with Crippen LogP contribution in [0.4, 0.5) is 0 Å². The Morgan fingerprint density at radius 2 is 1.91 bits per heavy atom. The van der Waals surface area contributed by atoms with Crippen molar-refractivity contribution in [2.45, 2.75) is 76.2 Å². The highest BCUT2D eigenvalue weighted by Crippen LogP contribution is 2.40. The van der Waals surface area contributed by atoms with E-state index in [1.165, 1.54) is 16.9 Å². The zero-order valence-electron chi connectivity index (χ0n) is 24.3. The Morgan fingerprint density at radius 3 is 2.65 bits per heavy atom. The average molecular weight is 625 g/mol. The number of hydrogen-bond acceptors (Lipinski definition) is 6. The standard InChI is InChI=1S/C31H37N4O6PS/c1-18-3-6-25(33-29(36)28-13-21-12-20(17-42(39,40)41)4-8-27(21)43-28)30(37)35-23(11-18)5-7-26(35)31(38)34-15-22(16-34)24-14-32-10-9-19(24)2/h4,8-10,12-14,18,22-23,25-26H,3,5-7,11,15-17H2,1-2H3,(H,33,36)(H2,39,40,41)/t18-,23+,25-,26-/m0/s1. The summed E-state index contributed by atoms with van der Waals surface area (Å²) in [4.78, 5) is 68.1. The summed E-state index contributed by atoms with van der Waals surface area (Å²) in [6, 6.07) is 7.51. The fourth-order valence-corrected chi connectivity index (χ4v) is 8.52. The summed E-state index contributed by atoms with van der Waals surface area (Å²) in [6.45, 7) is 5.46. The minimum atomic E-state index is -4.21. The van der Waals surface area contributed by atoms with E-state index in [9.17, 15) is 28.7 Å². The van der Waals surface area contributed by atoms with Crippen LogP contribution in [0.15, 0.2) is 42.7 Å². The van der Waals surface area contributed by atoms with Crippen LogP contribution in [0, 0.1) is 12.8 Å². The summed E-state index contributed by atoms with van der Waals surface area (Å²) >= 11 is 1.27. The molecule has 0 spiro atoms. The van der Waals surface area contributed by atoms with Crippen molar-refractivity contribution < 1.29 is 28.7 Å². The van der Waals surface area contributed by atoms with Crippen LogP contribution >= 0.6 is 18.9 Å². The minimum Gasteiger partial charge on any atom is -0.340 e. The van der Waals surface area contributed by atoms with Crippen LogP contribution in [-0.2, 0) is 20.3 Å². The van der Waals surface area contributed by atoms with Crippen molar-refractivity contribution in [3.8, 4) is 0 Å². The maximum atomic E-state index is 14.0. The monoisotopic (exact) mass is 624 g/mol. The zero-order chi connectivity index (χ0) is 30.5. The Kier molecular flexibility index (Phi) is 8.19. The molecule has 6 rings (SSSR count). The molecule has 3 fully saturated rings.